The van der Waals surface area contributed by atoms with Crippen LogP contribution < -0.4 is 15.5 Å². The summed E-state index contributed by atoms with van der Waals surface area (Å²) in [5, 5.41) is 16.0. The molecule has 1 aliphatic rings. The highest BCUT2D eigenvalue weighted by molar-refractivity contribution is 7.21. The molecule has 2 N–H and O–H groups in total. The van der Waals surface area contributed by atoms with Gasteiger partial charge in [0.05, 0.1) is 11.0 Å². The van der Waals surface area contributed by atoms with E-state index < -0.39 is 11.7 Å². The number of carbonyl (C=O) groups is 1. The molecule has 1 atom stereocenters. The molecule has 1 unspecified atom stereocenters. The van der Waals surface area contributed by atoms with Gasteiger partial charge in [0.1, 0.15) is 9.71 Å². The van der Waals surface area contributed by atoms with Gasteiger partial charge in [-0.15, -0.1) is 11.3 Å². The number of nitrogens with two attached hydrogens (primary N) is 1. The molecule has 24 heavy (non-hydrogen) atoms. The molecule has 3 aromatic rings. The number of aromatic nitrogens is 3. The summed E-state index contributed by atoms with van der Waals surface area (Å²) >= 11 is 1.21. The predicted molar refractivity (Wildman–Crippen MR) is 85.8 cm³/mol. The van der Waals surface area contributed by atoms with Crippen molar-refractivity contribution < 1.29 is 19.1 Å². The van der Waals surface area contributed by atoms with Gasteiger partial charge in [-0.3, -0.25) is 4.79 Å². The maximum Gasteiger partial charge on any atom is 0.305 e. The predicted octanol–water partition coefficient (Wildman–Crippen LogP) is 1.12. The average molecular weight is 344 g/mol. The van der Waals surface area contributed by atoms with E-state index in [0.29, 0.717) is 16.5 Å². The summed E-state index contributed by atoms with van der Waals surface area (Å²) in [7, 11) is 1.49. The zero-order valence-electron chi connectivity index (χ0n) is 13.3. The van der Waals surface area contributed by atoms with Crippen molar-refractivity contribution in [1.82, 2.24) is 10.3 Å². The minimum absolute atomic E-state index is 0.133. The van der Waals surface area contributed by atoms with Crippen molar-refractivity contribution in [3.8, 4) is 5.95 Å². The van der Waals surface area contributed by atoms with Gasteiger partial charge in [-0.05, 0) is 36.8 Å². The van der Waals surface area contributed by atoms with E-state index in [-0.39, 0.29) is 5.69 Å². The summed E-state index contributed by atoms with van der Waals surface area (Å²) in [5.41, 5.74) is 8.72. The second kappa shape index (κ2) is 5.27. The molecule has 3 aromatic heterocycles. The minimum atomic E-state index is -0.763. The number of ketones is 1. The quantitative estimate of drug-likeness (QED) is 0.551. The number of fused-ring (bicyclic) bond motifs is 2. The van der Waals surface area contributed by atoms with E-state index in [0.717, 1.165) is 39.9 Å². The third-order valence-electron chi connectivity index (χ3n) is 4.52. The molecule has 0 bridgehead atoms. The van der Waals surface area contributed by atoms with Crippen molar-refractivity contribution in [3.05, 3.63) is 27.9 Å². The van der Waals surface area contributed by atoms with Crippen LogP contribution in [0, 0.1) is 5.92 Å². The lowest BCUT2D eigenvalue weighted by molar-refractivity contribution is -0.741. The Morgan fingerprint density at radius 2 is 2.33 bits per heavy atom. The molecule has 0 aromatic carbocycles. The Morgan fingerprint density at radius 3 is 3.04 bits per heavy atom. The van der Waals surface area contributed by atoms with Crippen LogP contribution in [0.15, 0.2) is 10.6 Å². The summed E-state index contributed by atoms with van der Waals surface area (Å²) in [4.78, 5) is 18.4. The van der Waals surface area contributed by atoms with E-state index in [4.69, 9.17) is 10.7 Å². The first-order valence-electron chi connectivity index (χ1n) is 7.74. The number of pyridine rings is 1. The Hall–Kier alpha value is -2.48. The largest absolute Gasteiger partial charge is 0.539 e. The van der Waals surface area contributed by atoms with E-state index in [1.807, 2.05) is 6.07 Å². The molecule has 0 amide bonds. The molecule has 0 aliphatic heterocycles. The van der Waals surface area contributed by atoms with Crippen LogP contribution in [0.3, 0.4) is 0 Å². The molecule has 8 heteroatoms. The summed E-state index contributed by atoms with van der Waals surface area (Å²) in [6, 6.07) is 2.04. The van der Waals surface area contributed by atoms with Crippen molar-refractivity contribution >= 4 is 33.0 Å². The van der Waals surface area contributed by atoms with Crippen molar-refractivity contribution in [3.63, 3.8) is 0 Å². The highest BCUT2D eigenvalue weighted by Gasteiger charge is 2.29. The normalized spacial score (nSPS) is 17.2. The lowest BCUT2D eigenvalue weighted by Crippen LogP contribution is -2.37. The fraction of sp³-hybridized carbons (Fsp3) is 0.375. The van der Waals surface area contributed by atoms with Crippen LogP contribution in [0.5, 0.6) is 5.95 Å². The average Bonchev–Trinajstić information content (AvgIpc) is 3.05. The zero-order chi connectivity index (χ0) is 17.0. The van der Waals surface area contributed by atoms with Crippen LogP contribution in [0.25, 0.3) is 10.2 Å². The Bertz CT molecular complexity index is 956. The molecular weight excluding hydrogens is 328 g/mol. The smallest absolute Gasteiger partial charge is 0.305 e. The highest BCUT2D eigenvalue weighted by atomic mass is 32.1. The lowest BCUT2D eigenvalue weighted by Gasteiger charge is -2.20. The SMILES string of the molecule is CC1CCc2nc3sc(C(=O)c4c([O-])on[n+]4C)c(N)c3cc2C1. The van der Waals surface area contributed by atoms with Crippen LogP contribution in [0.1, 0.15) is 40.0 Å². The topological polar surface area (TPSA) is 109 Å². The Kier molecular flexibility index (Phi) is 3.31. The van der Waals surface area contributed by atoms with Crippen LogP contribution in [-0.2, 0) is 19.9 Å². The molecule has 0 spiro atoms. The Labute approximate surface area is 141 Å². The van der Waals surface area contributed by atoms with E-state index >= 15 is 0 Å². The third-order valence-corrected chi connectivity index (χ3v) is 5.63. The molecular formula is C16H16N4O3S. The van der Waals surface area contributed by atoms with Crippen LogP contribution in [-0.4, -0.2) is 16.0 Å². The summed E-state index contributed by atoms with van der Waals surface area (Å²) < 4.78 is 5.66. The van der Waals surface area contributed by atoms with E-state index in [1.165, 1.54) is 23.9 Å². The molecule has 1 aliphatic carbocycles. The standard InChI is InChI=1S/C16H16N4O3S/c1-7-3-4-10-8(5-7)6-9-11(17)14(24-15(9)18-10)13(21)12-16(22)23-19-20(12)2/h6-7H,3-5H2,1-2H3,(H2-,17,19,21,22). The lowest BCUT2D eigenvalue weighted by atomic mass is 9.87. The first-order valence-corrected chi connectivity index (χ1v) is 8.55. The number of rotatable bonds is 2. The highest BCUT2D eigenvalue weighted by Crippen LogP contribution is 2.37. The molecule has 0 radical (unpaired) electrons. The first-order chi connectivity index (χ1) is 11.5. The molecule has 7 nitrogen and oxygen atoms in total. The van der Waals surface area contributed by atoms with Crippen LogP contribution in [0.4, 0.5) is 5.69 Å². The molecule has 4 rings (SSSR count). The van der Waals surface area contributed by atoms with Crippen molar-refractivity contribution in [2.75, 3.05) is 5.73 Å². The van der Waals surface area contributed by atoms with Gasteiger partial charge in [-0.25, -0.2) is 4.98 Å². The van der Waals surface area contributed by atoms with Gasteiger partial charge in [0.2, 0.25) is 0 Å². The van der Waals surface area contributed by atoms with Gasteiger partial charge < -0.3 is 15.4 Å². The molecule has 124 valence electrons. The van der Waals surface area contributed by atoms with Crippen molar-refractivity contribution in [1.29, 1.82) is 0 Å². The minimum Gasteiger partial charge on any atom is -0.539 e. The zero-order valence-corrected chi connectivity index (χ0v) is 14.1. The van der Waals surface area contributed by atoms with Crippen LogP contribution >= 0.6 is 11.3 Å². The number of aryl methyl sites for hydroxylation is 2. The number of thiophene rings is 1. The number of nitrogen functional groups attached to an aromatic ring is 1. The second-order valence-corrected chi connectivity index (χ2v) is 7.30. The summed E-state index contributed by atoms with van der Waals surface area (Å²) in [6.07, 6.45) is 3.04. The summed E-state index contributed by atoms with van der Waals surface area (Å²) in [6.45, 7) is 2.22. The van der Waals surface area contributed by atoms with Gasteiger partial charge in [-0.2, -0.15) is 0 Å². The number of hydrogen-bond acceptors (Lipinski definition) is 7. The number of hydrogen-bond donors (Lipinski definition) is 1. The maximum atomic E-state index is 12.7. The fourth-order valence-electron chi connectivity index (χ4n) is 3.20. The fourth-order valence-corrected chi connectivity index (χ4v) is 4.24. The van der Waals surface area contributed by atoms with E-state index in [2.05, 4.69) is 16.7 Å². The van der Waals surface area contributed by atoms with E-state index in [9.17, 15) is 9.90 Å². The molecule has 3 heterocycles. The number of anilines is 1. The van der Waals surface area contributed by atoms with Crippen molar-refractivity contribution in [2.24, 2.45) is 13.0 Å². The van der Waals surface area contributed by atoms with Gasteiger partial charge >= 0.3 is 5.69 Å². The second-order valence-electron chi connectivity index (χ2n) is 6.30. The molecule has 0 fully saturated rings. The van der Waals surface area contributed by atoms with Gasteiger partial charge in [0, 0.05) is 11.1 Å². The van der Waals surface area contributed by atoms with Crippen LogP contribution in [0.2, 0.25) is 0 Å². The summed E-state index contributed by atoms with van der Waals surface area (Å²) in [5.74, 6) is -0.618. The Morgan fingerprint density at radius 1 is 1.54 bits per heavy atom. The molecule has 0 saturated carbocycles. The van der Waals surface area contributed by atoms with Gasteiger partial charge in [0.15, 0.2) is 13.0 Å². The van der Waals surface area contributed by atoms with E-state index in [1.54, 1.807) is 0 Å². The molecule has 0 saturated heterocycles. The Balaban J connectivity index is 1.86. The first kappa shape index (κ1) is 15.1. The number of nitrogens with zero attached hydrogens (tertiary/aromatic N) is 3. The van der Waals surface area contributed by atoms with Gasteiger partial charge in [0.25, 0.3) is 5.78 Å². The monoisotopic (exact) mass is 344 g/mol. The number of carbonyl (C=O) groups excluding carboxylic acids is 1. The third kappa shape index (κ3) is 2.17. The maximum absolute atomic E-state index is 12.7. The van der Waals surface area contributed by atoms with Gasteiger partial charge in [-0.1, -0.05) is 11.6 Å². The van der Waals surface area contributed by atoms with Crippen molar-refractivity contribution in [2.45, 2.75) is 26.2 Å².